The third-order valence-electron chi connectivity index (χ3n) is 3.54. The Bertz CT molecular complexity index is 524. The molecular formula is C17H27ClN2O3. The molecule has 0 saturated carbocycles. The second-order valence-electron chi connectivity index (χ2n) is 5.91. The molecule has 1 aromatic rings. The van der Waals surface area contributed by atoms with Gasteiger partial charge in [-0.05, 0) is 58.3 Å². The predicted octanol–water partition coefficient (Wildman–Crippen LogP) is 3.16. The van der Waals surface area contributed by atoms with Crippen molar-refractivity contribution in [3.63, 3.8) is 0 Å². The summed E-state index contributed by atoms with van der Waals surface area (Å²) in [6.07, 6.45) is 1.60. The maximum absolute atomic E-state index is 12.1. The van der Waals surface area contributed by atoms with Crippen LogP contribution in [0.3, 0.4) is 0 Å². The van der Waals surface area contributed by atoms with Crippen LogP contribution in [-0.4, -0.2) is 42.0 Å². The number of aryl methyl sites for hydroxylation is 3. The van der Waals surface area contributed by atoms with Crippen LogP contribution in [0.5, 0.6) is 0 Å². The average Bonchev–Trinajstić information content (AvgIpc) is 2.38. The van der Waals surface area contributed by atoms with Crippen molar-refractivity contribution in [1.29, 1.82) is 0 Å². The second-order valence-corrected chi connectivity index (χ2v) is 5.91. The number of hydrogen-bond acceptors (Lipinski definition) is 3. The Morgan fingerprint density at radius 3 is 2.22 bits per heavy atom. The first kappa shape index (κ1) is 21.4. The van der Waals surface area contributed by atoms with Gasteiger partial charge >= 0.3 is 5.97 Å². The molecule has 5 nitrogen and oxygen atoms in total. The number of hydrogen-bond donors (Lipinski definition) is 2. The van der Waals surface area contributed by atoms with E-state index in [1.54, 1.807) is 0 Å². The van der Waals surface area contributed by atoms with Crippen molar-refractivity contribution in [3.8, 4) is 0 Å². The highest BCUT2D eigenvalue weighted by atomic mass is 35.5. The minimum atomic E-state index is -0.772. The fourth-order valence-electron chi connectivity index (χ4n) is 2.54. The van der Waals surface area contributed by atoms with Crippen molar-refractivity contribution in [2.45, 2.75) is 40.0 Å². The molecule has 1 aromatic carbocycles. The molecule has 0 spiro atoms. The van der Waals surface area contributed by atoms with Crippen LogP contribution in [0.25, 0.3) is 0 Å². The van der Waals surface area contributed by atoms with Crippen molar-refractivity contribution in [2.24, 2.45) is 0 Å². The number of likely N-dealkylation sites (N-methyl/N-ethyl adjacent to an activating group) is 1. The minimum Gasteiger partial charge on any atom is -0.481 e. The molecule has 6 heteroatoms. The highest BCUT2D eigenvalue weighted by molar-refractivity contribution is 5.93. The summed E-state index contributed by atoms with van der Waals surface area (Å²) in [5.41, 5.74) is 4.20. The largest absolute Gasteiger partial charge is 0.481 e. The first-order valence-electron chi connectivity index (χ1n) is 7.57. The normalized spacial score (nSPS) is 10.3. The monoisotopic (exact) mass is 342 g/mol. The number of carbonyl (C=O) groups is 2. The lowest BCUT2D eigenvalue weighted by Gasteiger charge is -2.18. The van der Waals surface area contributed by atoms with Crippen molar-refractivity contribution in [2.75, 3.05) is 25.5 Å². The van der Waals surface area contributed by atoms with Crippen LogP contribution >= 0.6 is 12.4 Å². The molecule has 1 rings (SSSR count). The number of amides is 1. The van der Waals surface area contributed by atoms with Gasteiger partial charge in [0, 0.05) is 12.1 Å². The summed E-state index contributed by atoms with van der Waals surface area (Å²) < 4.78 is 0. The number of carboxylic acids is 1. The van der Waals surface area contributed by atoms with E-state index in [0.717, 1.165) is 23.2 Å². The summed E-state index contributed by atoms with van der Waals surface area (Å²) in [5.74, 6) is -0.818. The Balaban J connectivity index is 0.00000484. The molecule has 2 N–H and O–H groups in total. The number of halogens is 1. The zero-order chi connectivity index (χ0) is 16.7. The van der Waals surface area contributed by atoms with Gasteiger partial charge in [-0.2, -0.15) is 0 Å². The number of anilines is 1. The maximum Gasteiger partial charge on any atom is 0.303 e. The lowest BCUT2D eigenvalue weighted by molar-refractivity contribution is -0.137. The average molecular weight is 343 g/mol. The zero-order valence-corrected chi connectivity index (χ0v) is 15.1. The number of nitrogens with zero attached hydrogens (tertiary/aromatic N) is 1. The van der Waals surface area contributed by atoms with Gasteiger partial charge in [0.05, 0.1) is 6.54 Å². The van der Waals surface area contributed by atoms with Crippen LogP contribution in [0.15, 0.2) is 12.1 Å². The molecule has 0 fully saturated rings. The summed E-state index contributed by atoms with van der Waals surface area (Å²) in [4.78, 5) is 24.5. The summed E-state index contributed by atoms with van der Waals surface area (Å²) in [7, 11) is 1.87. The van der Waals surface area contributed by atoms with Gasteiger partial charge in [-0.1, -0.05) is 17.7 Å². The number of benzene rings is 1. The fraction of sp³-hybridized carbons (Fsp3) is 0.529. The number of aliphatic carboxylic acids is 1. The van der Waals surface area contributed by atoms with Crippen LogP contribution in [-0.2, 0) is 9.59 Å². The summed E-state index contributed by atoms with van der Waals surface area (Å²) in [6, 6.07) is 4.11. The van der Waals surface area contributed by atoms with Gasteiger partial charge in [-0.15, -0.1) is 12.4 Å². The molecule has 0 bridgehead atoms. The minimum absolute atomic E-state index is 0. The quantitative estimate of drug-likeness (QED) is 0.712. The van der Waals surface area contributed by atoms with Gasteiger partial charge in [0.1, 0.15) is 0 Å². The summed E-state index contributed by atoms with van der Waals surface area (Å²) in [6.45, 7) is 7.04. The van der Waals surface area contributed by atoms with E-state index < -0.39 is 5.97 Å². The molecule has 0 radical (unpaired) electrons. The number of carboxylic acid groups (broad SMARTS) is 1. The van der Waals surface area contributed by atoms with E-state index in [1.165, 1.54) is 5.56 Å². The van der Waals surface area contributed by atoms with Crippen LogP contribution in [0.4, 0.5) is 5.69 Å². The van der Waals surface area contributed by atoms with Crippen LogP contribution in [0, 0.1) is 20.8 Å². The van der Waals surface area contributed by atoms with Crippen molar-refractivity contribution in [3.05, 3.63) is 28.8 Å². The predicted molar refractivity (Wildman–Crippen MR) is 95.5 cm³/mol. The molecule has 130 valence electrons. The van der Waals surface area contributed by atoms with Gasteiger partial charge in [-0.25, -0.2) is 0 Å². The maximum atomic E-state index is 12.1. The smallest absolute Gasteiger partial charge is 0.303 e. The van der Waals surface area contributed by atoms with E-state index in [2.05, 4.69) is 17.4 Å². The lowest BCUT2D eigenvalue weighted by atomic mass is 10.1. The van der Waals surface area contributed by atoms with E-state index in [4.69, 9.17) is 5.11 Å². The first-order chi connectivity index (χ1) is 10.3. The standard InChI is InChI=1S/C17H26N2O3.ClH/c1-12-9-13(2)17(14(3)10-12)18-15(20)11-19(4)8-6-5-7-16(21)22;/h9-10H,5-8,11H2,1-4H3,(H,18,20)(H,21,22);1H. The molecular weight excluding hydrogens is 316 g/mol. The van der Waals surface area contributed by atoms with E-state index >= 15 is 0 Å². The lowest BCUT2D eigenvalue weighted by Crippen LogP contribution is -2.31. The third kappa shape index (κ3) is 8.00. The molecule has 0 aliphatic heterocycles. The van der Waals surface area contributed by atoms with Crippen molar-refractivity contribution < 1.29 is 14.7 Å². The van der Waals surface area contributed by atoms with Gasteiger partial charge < -0.3 is 10.4 Å². The molecule has 0 unspecified atom stereocenters. The highest BCUT2D eigenvalue weighted by Gasteiger charge is 2.10. The second kappa shape index (κ2) is 10.2. The molecule has 1 amide bonds. The van der Waals surface area contributed by atoms with Gasteiger partial charge in [0.2, 0.25) is 5.91 Å². The molecule has 0 aromatic heterocycles. The van der Waals surface area contributed by atoms with Crippen molar-refractivity contribution in [1.82, 2.24) is 4.90 Å². The summed E-state index contributed by atoms with van der Waals surface area (Å²) in [5, 5.41) is 11.6. The Labute approximate surface area is 144 Å². The highest BCUT2D eigenvalue weighted by Crippen LogP contribution is 2.21. The van der Waals surface area contributed by atoms with Gasteiger partial charge in [-0.3, -0.25) is 14.5 Å². The summed E-state index contributed by atoms with van der Waals surface area (Å²) >= 11 is 0. The number of nitrogens with one attached hydrogen (secondary N) is 1. The Hall–Kier alpha value is -1.59. The Kier molecular flexibility index (Phi) is 9.53. The van der Waals surface area contributed by atoms with E-state index in [1.807, 2.05) is 32.7 Å². The van der Waals surface area contributed by atoms with Gasteiger partial charge in [0.25, 0.3) is 0 Å². The topological polar surface area (TPSA) is 69.6 Å². The number of unbranched alkanes of at least 4 members (excludes halogenated alkanes) is 1. The zero-order valence-electron chi connectivity index (χ0n) is 14.3. The SMILES string of the molecule is Cc1cc(C)c(NC(=O)CN(C)CCCCC(=O)O)c(C)c1.Cl. The molecule has 23 heavy (non-hydrogen) atoms. The van der Waals surface area contributed by atoms with Crippen molar-refractivity contribution >= 4 is 30.0 Å². The molecule has 0 aliphatic carbocycles. The van der Waals surface area contributed by atoms with Crippen LogP contribution in [0.1, 0.15) is 36.0 Å². The first-order valence-corrected chi connectivity index (χ1v) is 7.57. The molecule has 0 saturated heterocycles. The number of carbonyl (C=O) groups excluding carboxylic acids is 1. The molecule has 0 atom stereocenters. The fourth-order valence-corrected chi connectivity index (χ4v) is 2.54. The molecule has 0 heterocycles. The Morgan fingerprint density at radius 2 is 1.70 bits per heavy atom. The van der Waals surface area contributed by atoms with E-state index in [0.29, 0.717) is 19.5 Å². The molecule has 0 aliphatic rings. The van der Waals surface area contributed by atoms with E-state index in [9.17, 15) is 9.59 Å². The van der Waals surface area contributed by atoms with Gasteiger partial charge in [0.15, 0.2) is 0 Å². The Morgan fingerprint density at radius 1 is 1.13 bits per heavy atom. The van der Waals surface area contributed by atoms with Crippen LogP contribution < -0.4 is 5.32 Å². The number of rotatable bonds is 8. The van der Waals surface area contributed by atoms with E-state index in [-0.39, 0.29) is 24.7 Å². The van der Waals surface area contributed by atoms with Crippen LogP contribution in [0.2, 0.25) is 0 Å². The third-order valence-corrected chi connectivity index (χ3v) is 3.54.